The fraction of sp³-hybridized carbons (Fsp3) is 0.500. The second-order valence-electron chi connectivity index (χ2n) is 4.65. The molecule has 1 unspecified atom stereocenters. The number of aliphatic hydroxyl groups excluding tert-OH is 1. The minimum absolute atomic E-state index is 0.0411. The molecule has 0 spiro atoms. The lowest BCUT2D eigenvalue weighted by Crippen LogP contribution is -2.40. The zero-order valence-corrected chi connectivity index (χ0v) is 12.2. The predicted octanol–water partition coefficient (Wildman–Crippen LogP) is 1.28. The molecule has 0 aromatic heterocycles. The Morgan fingerprint density at radius 1 is 1.33 bits per heavy atom. The van der Waals surface area contributed by atoms with Crippen molar-refractivity contribution in [2.24, 2.45) is 5.73 Å². The molecule has 1 aromatic carbocycles. The fourth-order valence-corrected chi connectivity index (χ4v) is 3.03. The number of aliphatic hydroxyl groups is 1. The van der Waals surface area contributed by atoms with Crippen molar-refractivity contribution in [1.82, 2.24) is 0 Å². The van der Waals surface area contributed by atoms with Crippen LogP contribution in [-0.4, -0.2) is 37.7 Å². The Labute approximate surface area is 113 Å². The molecule has 0 saturated heterocycles. The summed E-state index contributed by atoms with van der Waals surface area (Å²) in [6.07, 6.45) is 1.89. The molecule has 102 valence electrons. The number of hydrogen-bond acceptors (Lipinski definition) is 5. The van der Waals surface area contributed by atoms with E-state index in [-0.39, 0.29) is 6.61 Å². The van der Waals surface area contributed by atoms with Crippen LogP contribution in [0, 0.1) is 0 Å². The minimum atomic E-state index is -3.13. The van der Waals surface area contributed by atoms with Gasteiger partial charge in [0.25, 0.3) is 0 Å². The van der Waals surface area contributed by atoms with Crippen molar-refractivity contribution in [1.29, 1.82) is 0 Å². The first-order valence-electron chi connectivity index (χ1n) is 5.57. The van der Waals surface area contributed by atoms with Gasteiger partial charge in [-0.2, -0.15) is 0 Å². The van der Waals surface area contributed by atoms with Crippen LogP contribution in [0.5, 0.6) is 0 Å². The van der Waals surface area contributed by atoms with Gasteiger partial charge in [-0.1, -0.05) is 0 Å². The Balaban J connectivity index is 2.55. The Bertz CT molecular complexity index is 481. The van der Waals surface area contributed by atoms with Gasteiger partial charge in [-0.05, 0) is 43.4 Å². The molecule has 1 atom stereocenters. The van der Waals surface area contributed by atoms with Crippen molar-refractivity contribution in [2.45, 2.75) is 28.7 Å². The van der Waals surface area contributed by atoms with Gasteiger partial charge in [0.15, 0.2) is 9.84 Å². The normalized spacial score (nSPS) is 15.3. The van der Waals surface area contributed by atoms with Crippen LogP contribution >= 0.6 is 11.8 Å². The lowest BCUT2D eigenvalue weighted by atomic mass is 10.0. The van der Waals surface area contributed by atoms with E-state index in [1.165, 1.54) is 6.26 Å². The van der Waals surface area contributed by atoms with Gasteiger partial charge in [0.1, 0.15) is 0 Å². The highest BCUT2D eigenvalue weighted by molar-refractivity contribution is 7.99. The van der Waals surface area contributed by atoms with E-state index >= 15 is 0 Å². The molecule has 1 aromatic rings. The monoisotopic (exact) mass is 289 g/mol. The highest BCUT2D eigenvalue weighted by Crippen LogP contribution is 2.22. The van der Waals surface area contributed by atoms with Gasteiger partial charge in [0.2, 0.25) is 0 Å². The molecule has 6 heteroatoms. The number of benzene rings is 1. The van der Waals surface area contributed by atoms with Gasteiger partial charge < -0.3 is 10.8 Å². The molecular weight excluding hydrogens is 270 g/mol. The quantitative estimate of drug-likeness (QED) is 0.771. The SMILES string of the molecule is CC(N)(CO)CCSc1ccc(S(C)(=O)=O)cc1. The van der Waals surface area contributed by atoms with Crippen molar-refractivity contribution < 1.29 is 13.5 Å². The Morgan fingerprint density at radius 3 is 2.33 bits per heavy atom. The molecule has 0 bridgehead atoms. The molecule has 1 rings (SSSR count). The summed E-state index contributed by atoms with van der Waals surface area (Å²) in [4.78, 5) is 1.32. The van der Waals surface area contributed by atoms with E-state index < -0.39 is 15.4 Å². The first kappa shape index (κ1) is 15.5. The van der Waals surface area contributed by atoms with Crippen LogP contribution in [0.15, 0.2) is 34.1 Å². The number of hydrogen-bond donors (Lipinski definition) is 2. The largest absolute Gasteiger partial charge is 0.394 e. The maximum absolute atomic E-state index is 11.3. The van der Waals surface area contributed by atoms with Crippen molar-refractivity contribution in [2.75, 3.05) is 18.6 Å². The number of rotatable bonds is 6. The van der Waals surface area contributed by atoms with E-state index in [1.54, 1.807) is 43.0 Å². The van der Waals surface area contributed by atoms with Crippen molar-refractivity contribution in [3.05, 3.63) is 24.3 Å². The first-order valence-corrected chi connectivity index (χ1v) is 8.45. The molecule has 0 radical (unpaired) electrons. The van der Waals surface area contributed by atoms with E-state index in [4.69, 9.17) is 10.8 Å². The standard InChI is InChI=1S/C12H19NO3S2/c1-12(13,9-14)7-8-17-10-3-5-11(6-4-10)18(2,15)16/h3-6,14H,7-9,13H2,1-2H3. The second-order valence-corrected chi connectivity index (χ2v) is 7.84. The number of nitrogens with two attached hydrogens (primary N) is 1. The molecular formula is C12H19NO3S2. The molecule has 0 heterocycles. The van der Waals surface area contributed by atoms with E-state index in [9.17, 15) is 8.42 Å². The Kier molecular flexibility index (Phi) is 5.21. The molecule has 0 aliphatic carbocycles. The maximum Gasteiger partial charge on any atom is 0.175 e. The lowest BCUT2D eigenvalue weighted by molar-refractivity contribution is 0.206. The zero-order chi connectivity index (χ0) is 13.8. The van der Waals surface area contributed by atoms with Crippen molar-refractivity contribution in [3.63, 3.8) is 0 Å². The third kappa shape index (κ3) is 4.97. The van der Waals surface area contributed by atoms with Crippen LogP contribution in [0.25, 0.3) is 0 Å². The van der Waals surface area contributed by atoms with Crippen molar-refractivity contribution in [3.8, 4) is 0 Å². The van der Waals surface area contributed by atoms with Gasteiger partial charge >= 0.3 is 0 Å². The topological polar surface area (TPSA) is 80.4 Å². The van der Waals surface area contributed by atoms with Crippen LogP contribution < -0.4 is 5.73 Å². The average Bonchev–Trinajstić information content (AvgIpc) is 2.28. The number of thioether (sulfide) groups is 1. The summed E-state index contributed by atoms with van der Waals surface area (Å²) < 4.78 is 22.6. The maximum atomic E-state index is 11.3. The van der Waals surface area contributed by atoms with Gasteiger partial charge in [0.05, 0.1) is 11.5 Å². The van der Waals surface area contributed by atoms with Gasteiger partial charge in [-0.15, -0.1) is 11.8 Å². The first-order chi connectivity index (χ1) is 8.24. The second kappa shape index (κ2) is 6.06. The Morgan fingerprint density at radius 2 is 1.89 bits per heavy atom. The van der Waals surface area contributed by atoms with Crippen LogP contribution in [0.4, 0.5) is 0 Å². The summed E-state index contributed by atoms with van der Waals surface area (Å²) in [6, 6.07) is 6.78. The average molecular weight is 289 g/mol. The van der Waals surface area contributed by atoms with Crippen LogP contribution in [0.2, 0.25) is 0 Å². The van der Waals surface area contributed by atoms with Gasteiger partial charge in [0, 0.05) is 16.7 Å². The van der Waals surface area contributed by atoms with Gasteiger partial charge in [-0.25, -0.2) is 8.42 Å². The fourth-order valence-electron chi connectivity index (χ4n) is 1.26. The third-order valence-corrected chi connectivity index (χ3v) is 4.70. The molecule has 0 fully saturated rings. The van der Waals surface area contributed by atoms with Gasteiger partial charge in [-0.3, -0.25) is 0 Å². The van der Waals surface area contributed by atoms with E-state index in [0.717, 1.165) is 10.6 Å². The molecule has 0 aliphatic rings. The van der Waals surface area contributed by atoms with E-state index in [1.807, 2.05) is 0 Å². The van der Waals surface area contributed by atoms with E-state index in [0.29, 0.717) is 11.3 Å². The predicted molar refractivity (Wildman–Crippen MR) is 74.6 cm³/mol. The highest BCUT2D eigenvalue weighted by atomic mass is 32.2. The smallest absolute Gasteiger partial charge is 0.175 e. The molecule has 4 nitrogen and oxygen atoms in total. The lowest BCUT2D eigenvalue weighted by Gasteiger charge is -2.20. The summed E-state index contributed by atoms with van der Waals surface area (Å²) >= 11 is 1.60. The van der Waals surface area contributed by atoms with E-state index in [2.05, 4.69) is 0 Å². The highest BCUT2D eigenvalue weighted by Gasteiger charge is 2.16. The Hall–Kier alpha value is -0.560. The minimum Gasteiger partial charge on any atom is -0.394 e. The summed E-state index contributed by atoms with van der Waals surface area (Å²) in [7, 11) is -3.13. The summed E-state index contributed by atoms with van der Waals surface area (Å²) in [5, 5.41) is 9.02. The molecule has 0 aliphatic heterocycles. The zero-order valence-electron chi connectivity index (χ0n) is 10.6. The summed E-state index contributed by atoms with van der Waals surface area (Å²) in [5.41, 5.74) is 5.26. The molecule has 0 saturated carbocycles. The van der Waals surface area contributed by atoms with Crippen LogP contribution in [-0.2, 0) is 9.84 Å². The number of sulfone groups is 1. The van der Waals surface area contributed by atoms with Crippen LogP contribution in [0.1, 0.15) is 13.3 Å². The molecule has 18 heavy (non-hydrogen) atoms. The summed E-state index contributed by atoms with van der Waals surface area (Å²) in [5.74, 6) is 0.784. The molecule has 3 N–H and O–H groups in total. The van der Waals surface area contributed by atoms with Crippen molar-refractivity contribution >= 4 is 21.6 Å². The van der Waals surface area contributed by atoms with Crippen LogP contribution in [0.3, 0.4) is 0 Å². The summed E-state index contributed by atoms with van der Waals surface area (Å²) in [6.45, 7) is 1.76. The molecule has 0 amide bonds. The third-order valence-electron chi connectivity index (χ3n) is 2.55.